The van der Waals surface area contributed by atoms with Gasteiger partial charge in [0.1, 0.15) is 12.6 Å². The maximum absolute atomic E-state index is 12.1. The number of ether oxygens (including phenoxy) is 1. The standard InChI is InChI=1S/C15H18N4O3/c1-10-3-5-11(6-4-10)14(16)15(21)17-12-7-8-19(18-12)9-13(20)22-2/h3-8,14H,9,16H2,1-2H3,(H,17,18,21). The fraction of sp³-hybridized carbons (Fsp3) is 0.267. The summed E-state index contributed by atoms with van der Waals surface area (Å²) in [6, 6.07) is 8.22. The second kappa shape index (κ2) is 6.86. The molecule has 0 saturated heterocycles. The van der Waals surface area contributed by atoms with Crippen molar-refractivity contribution in [2.75, 3.05) is 12.4 Å². The van der Waals surface area contributed by atoms with E-state index < -0.39 is 12.0 Å². The first-order chi connectivity index (χ1) is 10.5. The first kappa shape index (κ1) is 15.7. The summed E-state index contributed by atoms with van der Waals surface area (Å²) in [6.45, 7) is 1.94. The molecule has 0 aliphatic carbocycles. The van der Waals surface area contributed by atoms with Crippen LogP contribution in [-0.4, -0.2) is 28.8 Å². The maximum atomic E-state index is 12.1. The Bertz CT molecular complexity index is 664. The van der Waals surface area contributed by atoms with Gasteiger partial charge in [0.2, 0.25) is 5.91 Å². The van der Waals surface area contributed by atoms with Crippen molar-refractivity contribution in [3.05, 3.63) is 47.7 Å². The molecule has 22 heavy (non-hydrogen) atoms. The Kier molecular flexibility index (Phi) is 4.90. The number of nitrogens with two attached hydrogens (primary N) is 1. The first-order valence-corrected chi connectivity index (χ1v) is 6.73. The average molecular weight is 302 g/mol. The summed E-state index contributed by atoms with van der Waals surface area (Å²) < 4.78 is 5.92. The van der Waals surface area contributed by atoms with E-state index in [4.69, 9.17) is 5.73 Å². The van der Waals surface area contributed by atoms with Gasteiger partial charge in [-0.3, -0.25) is 14.3 Å². The smallest absolute Gasteiger partial charge is 0.327 e. The summed E-state index contributed by atoms with van der Waals surface area (Å²) in [5.74, 6) is -0.457. The topological polar surface area (TPSA) is 99.2 Å². The Morgan fingerprint density at radius 3 is 2.64 bits per heavy atom. The number of carbonyl (C=O) groups excluding carboxylic acids is 2. The van der Waals surface area contributed by atoms with E-state index in [2.05, 4.69) is 15.2 Å². The van der Waals surface area contributed by atoms with E-state index in [9.17, 15) is 9.59 Å². The van der Waals surface area contributed by atoms with Crippen molar-refractivity contribution < 1.29 is 14.3 Å². The van der Waals surface area contributed by atoms with Gasteiger partial charge in [-0.25, -0.2) is 0 Å². The molecule has 0 radical (unpaired) electrons. The van der Waals surface area contributed by atoms with Gasteiger partial charge in [0.05, 0.1) is 7.11 Å². The highest BCUT2D eigenvalue weighted by Gasteiger charge is 2.17. The fourth-order valence-electron chi connectivity index (χ4n) is 1.84. The zero-order valence-electron chi connectivity index (χ0n) is 12.4. The van der Waals surface area contributed by atoms with Gasteiger partial charge in [-0.05, 0) is 12.5 Å². The third kappa shape index (κ3) is 3.92. The number of hydrogen-bond acceptors (Lipinski definition) is 5. The van der Waals surface area contributed by atoms with Gasteiger partial charge < -0.3 is 15.8 Å². The number of nitrogens with one attached hydrogen (secondary N) is 1. The predicted molar refractivity (Wildman–Crippen MR) is 81.0 cm³/mol. The van der Waals surface area contributed by atoms with Gasteiger partial charge in [-0.2, -0.15) is 5.10 Å². The lowest BCUT2D eigenvalue weighted by Gasteiger charge is -2.11. The Morgan fingerprint density at radius 1 is 1.32 bits per heavy atom. The zero-order chi connectivity index (χ0) is 16.1. The molecule has 116 valence electrons. The Balaban J connectivity index is 1.99. The van der Waals surface area contributed by atoms with E-state index in [1.54, 1.807) is 12.3 Å². The minimum absolute atomic E-state index is 0.0175. The molecule has 1 heterocycles. The average Bonchev–Trinajstić information content (AvgIpc) is 2.94. The summed E-state index contributed by atoms with van der Waals surface area (Å²) in [5.41, 5.74) is 7.74. The van der Waals surface area contributed by atoms with Gasteiger partial charge in [0, 0.05) is 12.3 Å². The third-order valence-corrected chi connectivity index (χ3v) is 3.13. The van der Waals surface area contributed by atoms with Crippen LogP contribution in [0.1, 0.15) is 17.2 Å². The predicted octanol–water partition coefficient (Wildman–Crippen LogP) is 1.00. The molecule has 0 bridgehead atoms. The number of amides is 1. The van der Waals surface area contributed by atoms with Crippen LogP contribution in [0.3, 0.4) is 0 Å². The van der Waals surface area contributed by atoms with Crippen LogP contribution in [0.5, 0.6) is 0 Å². The highest BCUT2D eigenvalue weighted by Crippen LogP contribution is 2.14. The number of rotatable bonds is 5. The molecule has 0 aliphatic rings. The van der Waals surface area contributed by atoms with Crippen LogP contribution in [0.25, 0.3) is 0 Å². The van der Waals surface area contributed by atoms with E-state index in [0.29, 0.717) is 5.82 Å². The van der Waals surface area contributed by atoms with Crippen LogP contribution >= 0.6 is 0 Å². The Labute approximate surface area is 128 Å². The number of nitrogens with zero attached hydrogens (tertiary/aromatic N) is 2. The lowest BCUT2D eigenvalue weighted by Crippen LogP contribution is -2.28. The van der Waals surface area contributed by atoms with Crippen molar-refractivity contribution in [2.45, 2.75) is 19.5 Å². The van der Waals surface area contributed by atoms with Crippen molar-refractivity contribution in [3.8, 4) is 0 Å². The minimum atomic E-state index is -0.786. The van der Waals surface area contributed by atoms with Gasteiger partial charge >= 0.3 is 5.97 Å². The highest BCUT2D eigenvalue weighted by molar-refractivity contribution is 5.94. The molecule has 0 aliphatic heterocycles. The molecule has 2 rings (SSSR count). The summed E-state index contributed by atoms with van der Waals surface area (Å²) in [4.78, 5) is 23.3. The molecule has 1 atom stereocenters. The van der Waals surface area contributed by atoms with Gasteiger partial charge in [0.25, 0.3) is 0 Å². The van der Waals surface area contributed by atoms with Crippen LogP contribution in [0.4, 0.5) is 5.82 Å². The lowest BCUT2D eigenvalue weighted by atomic mass is 10.1. The van der Waals surface area contributed by atoms with Crippen LogP contribution in [0.2, 0.25) is 0 Å². The van der Waals surface area contributed by atoms with E-state index in [1.807, 2.05) is 31.2 Å². The molecule has 1 unspecified atom stereocenters. The quantitative estimate of drug-likeness (QED) is 0.803. The van der Waals surface area contributed by atoms with Gasteiger partial charge in [-0.15, -0.1) is 0 Å². The molecule has 0 fully saturated rings. The summed E-state index contributed by atoms with van der Waals surface area (Å²) in [7, 11) is 1.30. The largest absolute Gasteiger partial charge is 0.468 e. The fourth-order valence-corrected chi connectivity index (χ4v) is 1.84. The molecular formula is C15H18N4O3. The number of esters is 1. The second-order valence-electron chi connectivity index (χ2n) is 4.85. The van der Waals surface area contributed by atoms with Gasteiger partial charge in [-0.1, -0.05) is 29.8 Å². The minimum Gasteiger partial charge on any atom is -0.468 e. The molecule has 1 amide bonds. The second-order valence-corrected chi connectivity index (χ2v) is 4.85. The van der Waals surface area contributed by atoms with Crippen molar-refractivity contribution in [3.63, 3.8) is 0 Å². The Hall–Kier alpha value is -2.67. The summed E-state index contributed by atoms with van der Waals surface area (Å²) in [5, 5.41) is 6.68. The van der Waals surface area contributed by atoms with E-state index >= 15 is 0 Å². The van der Waals surface area contributed by atoms with E-state index in [1.165, 1.54) is 11.8 Å². The van der Waals surface area contributed by atoms with Crippen molar-refractivity contribution in [1.82, 2.24) is 9.78 Å². The summed E-state index contributed by atoms with van der Waals surface area (Å²) >= 11 is 0. The van der Waals surface area contributed by atoms with Crippen molar-refractivity contribution in [1.29, 1.82) is 0 Å². The molecule has 0 saturated carbocycles. The molecule has 1 aromatic heterocycles. The number of anilines is 1. The third-order valence-electron chi connectivity index (χ3n) is 3.13. The molecule has 7 nitrogen and oxygen atoms in total. The molecule has 3 N–H and O–H groups in total. The van der Waals surface area contributed by atoms with Crippen LogP contribution < -0.4 is 11.1 Å². The summed E-state index contributed by atoms with van der Waals surface area (Å²) in [6.07, 6.45) is 1.57. The number of methoxy groups -OCH3 is 1. The van der Waals surface area contributed by atoms with E-state index in [-0.39, 0.29) is 12.5 Å². The molecule has 7 heteroatoms. The number of aromatic nitrogens is 2. The van der Waals surface area contributed by atoms with Crippen molar-refractivity contribution >= 4 is 17.7 Å². The number of benzene rings is 1. The number of carbonyl (C=O) groups is 2. The number of hydrogen-bond donors (Lipinski definition) is 2. The van der Waals surface area contributed by atoms with Crippen LogP contribution in [0, 0.1) is 6.92 Å². The monoisotopic (exact) mass is 302 g/mol. The molecule has 1 aromatic carbocycles. The zero-order valence-corrected chi connectivity index (χ0v) is 12.4. The first-order valence-electron chi connectivity index (χ1n) is 6.73. The molecule has 2 aromatic rings. The van der Waals surface area contributed by atoms with Crippen molar-refractivity contribution in [2.24, 2.45) is 5.73 Å². The van der Waals surface area contributed by atoms with Crippen LogP contribution in [0.15, 0.2) is 36.5 Å². The Morgan fingerprint density at radius 2 is 2.00 bits per heavy atom. The van der Waals surface area contributed by atoms with Gasteiger partial charge in [0.15, 0.2) is 5.82 Å². The maximum Gasteiger partial charge on any atom is 0.327 e. The highest BCUT2D eigenvalue weighted by atomic mass is 16.5. The SMILES string of the molecule is COC(=O)Cn1ccc(NC(=O)C(N)c2ccc(C)cc2)n1. The molecule has 0 spiro atoms. The molecular weight excluding hydrogens is 284 g/mol. The van der Waals surface area contributed by atoms with Crippen LogP contribution in [-0.2, 0) is 20.9 Å². The normalized spacial score (nSPS) is 11.8. The van der Waals surface area contributed by atoms with E-state index in [0.717, 1.165) is 11.1 Å². The lowest BCUT2D eigenvalue weighted by molar-refractivity contribution is -0.141. The number of aryl methyl sites for hydroxylation is 1.